The molecule has 0 unspecified atom stereocenters. The van der Waals surface area contributed by atoms with E-state index in [1.54, 1.807) is 12.1 Å². The third-order valence-electron chi connectivity index (χ3n) is 4.37. The van der Waals surface area contributed by atoms with Crippen molar-refractivity contribution in [2.24, 2.45) is 0 Å². The lowest BCUT2D eigenvalue weighted by Gasteiger charge is -2.14. The minimum atomic E-state index is -1.54. The second-order valence-electron chi connectivity index (χ2n) is 6.03. The lowest BCUT2D eigenvalue weighted by molar-refractivity contribution is -0.131. The maximum absolute atomic E-state index is 11.7. The number of ether oxygens (including phenoxy) is 1. The molecule has 0 radical (unpaired) electrons. The number of hydrogen-bond acceptors (Lipinski definition) is 4. The van der Waals surface area contributed by atoms with Crippen LogP contribution in [0.15, 0.2) is 72.8 Å². The number of carboxylic acid groups (broad SMARTS) is 1. The first-order valence-corrected chi connectivity index (χ1v) is 8.24. The number of benzene rings is 4. The number of carbonyl (C=O) groups is 2. The van der Waals surface area contributed by atoms with Gasteiger partial charge in [0.15, 0.2) is 11.5 Å². The van der Waals surface area contributed by atoms with Gasteiger partial charge in [-0.05, 0) is 22.9 Å². The van der Waals surface area contributed by atoms with E-state index in [1.165, 1.54) is 18.2 Å². The molecule has 0 aliphatic heterocycles. The second kappa shape index (κ2) is 6.46. The SMILES string of the molecule is O=C(O)C(=O)c1cccc(Oc2c(O)c3ccccc3c3ccccc23)c1. The fourth-order valence-electron chi connectivity index (χ4n) is 3.14. The van der Waals surface area contributed by atoms with Gasteiger partial charge in [-0.25, -0.2) is 4.79 Å². The maximum Gasteiger partial charge on any atom is 0.377 e. The molecule has 0 heterocycles. The lowest BCUT2D eigenvalue weighted by atomic mass is 10.00. The van der Waals surface area contributed by atoms with Crippen molar-refractivity contribution in [3.05, 3.63) is 78.4 Å². The number of fused-ring (bicyclic) bond motifs is 3. The monoisotopic (exact) mass is 358 g/mol. The molecule has 0 saturated carbocycles. The van der Waals surface area contributed by atoms with Crippen molar-refractivity contribution in [1.29, 1.82) is 0 Å². The molecule has 5 heteroatoms. The molecule has 5 nitrogen and oxygen atoms in total. The van der Waals surface area contributed by atoms with E-state index in [2.05, 4.69) is 0 Å². The molecular weight excluding hydrogens is 344 g/mol. The first-order valence-electron chi connectivity index (χ1n) is 8.24. The number of phenolic OH excluding ortho intramolecular Hbond substituents is 1. The Labute approximate surface area is 154 Å². The summed E-state index contributed by atoms with van der Waals surface area (Å²) in [5.41, 5.74) is 0.00424. The Morgan fingerprint density at radius 2 is 1.33 bits per heavy atom. The number of hydrogen-bond donors (Lipinski definition) is 2. The molecule has 4 rings (SSSR count). The van der Waals surface area contributed by atoms with Crippen LogP contribution >= 0.6 is 0 Å². The molecule has 0 spiro atoms. The molecule has 4 aromatic carbocycles. The standard InChI is InChI=1S/C22H14O5/c23-19(22(25)26)13-6-5-7-14(12-13)27-21-18-11-4-2-9-16(18)15-8-1-3-10-17(15)20(21)24/h1-12,24H,(H,25,26). The van der Waals surface area contributed by atoms with E-state index in [4.69, 9.17) is 9.84 Å². The van der Waals surface area contributed by atoms with Crippen LogP contribution in [0.5, 0.6) is 17.2 Å². The van der Waals surface area contributed by atoms with Gasteiger partial charge in [0.05, 0.1) is 0 Å². The molecule has 0 atom stereocenters. The fraction of sp³-hybridized carbons (Fsp3) is 0. The summed E-state index contributed by atoms with van der Waals surface area (Å²) in [5, 5.41) is 22.8. The Morgan fingerprint density at radius 3 is 2.00 bits per heavy atom. The summed E-state index contributed by atoms with van der Waals surface area (Å²) < 4.78 is 5.91. The van der Waals surface area contributed by atoms with E-state index in [1.807, 2.05) is 42.5 Å². The summed E-state index contributed by atoms with van der Waals surface area (Å²) >= 11 is 0. The quantitative estimate of drug-likeness (QED) is 0.312. The van der Waals surface area contributed by atoms with Gasteiger partial charge in [0.1, 0.15) is 5.75 Å². The van der Waals surface area contributed by atoms with E-state index >= 15 is 0 Å². The molecule has 27 heavy (non-hydrogen) atoms. The van der Waals surface area contributed by atoms with Crippen molar-refractivity contribution < 1.29 is 24.5 Å². The molecule has 4 aromatic rings. The molecule has 0 saturated heterocycles. The summed E-state index contributed by atoms with van der Waals surface area (Å²) in [7, 11) is 0. The van der Waals surface area contributed by atoms with Gasteiger partial charge in [0.25, 0.3) is 5.78 Å². The van der Waals surface area contributed by atoms with Gasteiger partial charge in [-0.1, -0.05) is 60.7 Å². The van der Waals surface area contributed by atoms with Crippen molar-refractivity contribution in [3.8, 4) is 17.2 Å². The van der Waals surface area contributed by atoms with Crippen LogP contribution in [0.25, 0.3) is 21.5 Å². The summed E-state index contributed by atoms with van der Waals surface area (Å²) in [6.07, 6.45) is 0. The van der Waals surface area contributed by atoms with E-state index in [9.17, 15) is 14.7 Å². The number of rotatable bonds is 4. The van der Waals surface area contributed by atoms with Crippen molar-refractivity contribution in [1.82, 2.24) is 0 Å². The highest BCUT2D eigenvalue weighted by Crippen LogP contribution is 2.44. The minimum Gasteiger partial charge on any atom is -0.504 e. The third-order valence-corrected chi connectivity index (χ3v) is 4.37. The predicted molar refractivity (Wildman–Crippen MR) is 102 cm³/mol. The van der Waals surface area contributed by atoms with Crippen LogP contribution in [0.2, 0.25) is 0 Å². The van der Waals surface area contributed by atoms with Crippen molar-refractivity contribution in [3.63, 3.8) is 0 Å². The van der Waals surface area contributed by atoms with Gasteiger partial charge in [0.2, 0.25) is 0 Å². The van der Waals surface area contributed by atoms with Crippen LogP contribution in [0, 0.1) is 0 Å². The van der Waals surface area contributed by atoms with Crippen LogP contribution < -0.4 is 4.74 Å². The highest BCUT2D eigenvalue weighted by molar-refractivity contribution is 6.39. The van der Waals surface area contributed by atoms with E-state index < -0.39 is 11.8 Å². The summed E-state index contributed by atoms with van der Waals surface area (Å²) in [6, 6.07) is 20.9. The molecule has 0 aromatic heterocycles. The molecule has 132 valence electrons. The Bertz CT molecular complexity index is 1210. The van der Waals surface area contributed by atoms with Gasteiger partial charge < -0.3 is 14.9 Å². The number of ketones is 1. The molecular formula is C22H14O5. The zero-order valence-corrected chi connectivity index (χ0v) is 14.0. The molecule has 0 aliphatic carbocycles. The summed E-state index contributed by atoms with van der Waals surface area (Å²) in [4.78, 5) is 22.6. The van der Waals surface area contributed by atoms with Gasteiger partial charge in [-0.2, -0.15) is 0 Å². The largest absolute Gasteiger partial charge is 0.504 e. The van der Waals surface area contributed by atoms with Crippen LogP contribution in [0.4, 0.5) is 0 Å². The third kappa shape index (κ3) is 2.85. The minimum absolute atomic E-state index is 0.00424. The summed E-state index contributed by atoms with van der Waals surface area (Å²) in [6.45, 7) is 0. The Morgan fingerprint density at radius 1 is 0.741 bits per heavy atom. The van der Waals surface area contributed by atoms with E-state index in [-0.39, 0.29) is 22.8 Å². The van der Waals surface area contributed by atoms with Gasteiger partial charge in [-0.3, -0.25) is 4.79 Å². The lowest BCUT2D eigenvalue weighted by Crippen LogP contribution is -2.12. The smallest absolute Gasteiger partial charge is 0.377 e. The maximum atomic E-state index is 11.7. The van der Waals surface area contributed by atoms with Crippen LogP contribution in [-0.4, -0.2) is 22.0 Å². The van der Waals surface area contributed by atoms with Gasteiger partial charge in [-0.15, -0.1) is 0 Å². The van der Waals surface area contributed by atoms with Crippen molar-refractivity contribution in [2.75, 3.05) is 0 Å². The highest BCUT2D eigenvalue weighted by Gasteiger charge is 2.18. The van der Waals surface area contributed by atoms with Crippen LogP contribution in [-0.2, 0) is 4.79 Å². The van der Waals surface area contributed by atoms with Crippen molar-refractivity contribution >= 4 is 33.3 Å². The Balaban J connectivity index is 1.89. The molecule has 0 bridgehead atoms. The first-order chi connectivity index (χ1) is 13.1. The fourth-order valence-corrected chi connectivity index (χ4v) is 3.14. The number of carboxylic acids is 1. The number of carbonyl (C=O) groups excluding carboxylic acids is 1. The molecule has 2 N–H and O–H groups in total. The number of phenols is 1. The zero-order valence-electron chi connectivity index (χ0n) is 14.0. The van der Waals surface area contributed by atoms with Crippen molar-refractivity contribution in [2.45, 2.75) is 0 Å². The van der Waals surface area contributed by atoms with E-state index in [0.717, 1.165) is 10.8 Å². The number of aliphatic carboxylic acids is 1. The summed E-state index contributed by atoms with van der Waals surface area (Å²) in [5.74, 6) is -2.06. The number of aromatic hydroxyl groups is 1. The molecule has 0 fully saturated rings. The van der Waals surface area contributed by atoms with Crippen LogP contribution in [0.1, 0.15) is 10.4 Å². The topological polar surface area (TPSA) is 83.8 Å². The van der Waals surface area contributed by atoms with Crippen LogP contribution in [0.3, 0.4) is 0 Å². The molecule has 0 aliphatic rings. The zero-order chi connectivity index (χ0) is 19.0. The first kappa shape index (κ1) is 16.6. The van der Waals surface area contributed by atoms with Gasteiger partial charge in [0, 0.05) is 16.3 Å². The number of Topliss-reactive ketones (excluding diaryl/α,β-unsaturated/α-hetero) is 1. The second-order valence-corrected chi connectivity index (χ2v) is 6.03. The molecule has 0 amide bonds. The van der Waals surface area contributed by atoms with E-state index in [0.29, 0.717) is 10.8 Å². The Kier molecular flexibility index (Phi) is 3.97. The Hall–Kier alpha value is -3.86. The normalized spacial score (nSPS) is 10.8. The average molecular weight is 358 g/mol. The predicted octanol–water partition coefficient (Wildman–Crippen LogP) is 4.76. The highest BCUT2D eigenvalue weighted by atomic mass is 16.5. The average Bonchev–Trinajstić information content (AvgIpc) is 2.70. The van der Waals surface area contributed by atoms with Gasteiger partial charge >= 0.3 is 5.97 Å².